The van der Waals surface area contributed by atoms with Gasteiger partial charge in [-0.2, -0.15) is 0 Å². The molecule has 0 unspecified atom stereocenters. The van der Waals surface area contributed by atoms with E-state index in [1.54, 1.807) is 24.3 Å². The summed E-state index contributed by atoms with van der Waals surface area (Å²) in [5.41, 5.74) is 4.62. The van der Waals surface area contributed by atoms with Crippen LogP contribution in [0.5, 0.6) is 0 Å². The Morgan fingerprint density at radius 1 is 1.00 bits per heavy atom. The minimum absolute atomic E-state index is 0. The molecule has 2 atom stereocenters. The van der Waals surface area contributed by atoms with Gasteiger partial charge in [0.05, 0.1) is 11.1 Å². The Hall–Kier alpha value is -2.70. The van der Waals surface area contributed by atoms with Crippen LogP contribution in [-0.2, 0) is 4.79 Å². The van der Waals surface area contributed by atoms with E-state index >= 15 is 0 Å². The predicted molar refractivity (Wildman–Crippen MR) is 135 cm³/mol. The number of likely N-dealkylation sites (N-methyl/N-ethyl adjacent to an activating group) is 1. The average Bonchev–Trinajstić information content (AvgIpc) is 3.25. The summed E-state index contributed by atoms with van der Waals surface area (Å²) in [7, 11) is 2.16. The van der Waals surface area contributed by atoms with E-state index in [2.05, 4.69) is 42.0 Å². The SMILES string of the molecule is Cc1ccc2c(c1)[C@@H]1CN(C)CC[C@@H]1N2C(=O)CCCCCN1C(=O)c2ccccc2C1=O.Cl. The number of halogens is 1. The Bertz CT molecular complexity index is 1080. The van der Waals surface area contributed by atoms with Gasteiger partial charge in [0.25, 0.3) is 11.8 Å². The van der Waals surface area contributed by atoms with Gasteiger partial charge in [0.1, 0.15) is 0 Å². The summed E-state index contributed by atoms with van der Waals surface area (Å²) in [5.74, 6) is 0.169. The van der Waals surface area contributed by atoms with Crippen LogP contribution in [0.25, 0.3) is 0 Å². The van der Waals surface area contributed by atoms with Gasteiger partial charge >= 0.3 is 0 Å². The molecule has 0 bridgehead atoms. The summed E-state index contributed by atoms with van der Waals surface area (Å²) in [6, 6.07) is 13.7. The van der Waals surface area contributed by atoms with Gasteiger partial charge in [0, 0.05) is 37.2 Å². The predicted octanol–water partition coefficient (Wildman–Crippen LogP) is 4.41. The average molecular weight is 482 g/mol. The number of likely N-dealkylation sites (tertiary alicyclic amines) is 1. The molecule has 2 aromatic rings. The first-order chi connectivity index (χ1) is 16.0. The number of carbonyl (C=O) groups excluding carboxylic acids is 3. The van der Waals surface area contributed by atoms with Crippen LogP contribution >= 0.6 is 12.4 Å². The maximum absolute atomic E-state index is 13.3. The van der Waals surface area contributed by atoms with E-state index in [1.165, 1.54) is 16.0 Å². The van der Waals surface area contributed by atoms with E-state index in [1.807, 2.05) is 0 Å². The van der Waals surface area contributed by atoms with Gasteiger partial charge in [-0.25, -0.2) is 0 Å². The molecule has 1 fully saturated rings. The Morgan fingerprint density at radius 2 is 1.71 bits per heavy atom. The van der Waals surface area contributed by atoms with Gasteiger partial charge in [-0.15, -0.1) is 12.4 Å². The highest BCUT2D eigenvalue weighted by Crippen LogP contribution is 2.45. The van der Waals surface area contributed by atoms with Crippen LogP contribution in [0.2, 0.25) is 0 Å². The number of amides is 3. The summed E-state index contributed by atoms with van der Waals surface area (Å²) >= 11 is 0. The Morgan fingerprint density at radius 3 is 2.41 bits per heavy atom. The fourth-order valence-corrected chi connectivity index (χ4v) is 5.69. The molecule has 0 saturated carbocycles. The third kappa shape index (κ3) is 4.25. The zero-order chi connectivity index (χ0) is 23.1. The van der Waals surface area contributed by atoms with Crippen molar-refractivity contribution in [2.24, 2.45) is 0 Å². The van der Waals surface area contributed by atoms with E-state index in [9.17, 15) is 14.4 Å². The number of piperidine rings is 1. The highest BCUT2D eigenvalue weighted by atomic mass is 35.5. The van der Waals surface area contributed by atoms with E-state index in [4.69, 9.17) is 0 Å². The van der Waals surface area contributed by atoms with E-state index in [-0.39, 0.29) is 36.2 Å². The summed E-state index contributed by atoms with van der Waals surface area (Å²) in [6.07, 6.45) is 3.78. The number of fused-ring (bicyclic) bond motifs is 4. The van der Waals surface area contributed by atoms with Crippen molar-refractivity contribution in [2.75, 3.05) is 31.6 Å². The van der Waals surface area contributed by atoms with Crippen molar-refractivity contribution < 1.29 is 14.4 Å². The van der Waals surface area contributed by atoms with Crippen molar-refractivity contribution in [1.82, 2.24) is 9.80 Å². The summed E-state index contributed by atoms with van der Waals surface area (Å²) in [5, 5.41) is 0. The summed E-state index contributed by atoms with van der Waals surface area (Å²) < 4.78 is 0. The van der Waals surface area contributed by atoms with E-state index < -0.39 is 0 Å². The zero-order valence-electron chi connectivity index (χ0n) is 19.8. The minimum atomic E-state index is -0.205. The fourth-order valence-electron chi connectivity index (χ4n) is 5.69. The first-order valence-corrected chi connectivity index (χ1v) is 12.0. The molecule has 5 rings (SSSR count). The molecule has 1 saturated heterocycles. The molecule has 180 valence electrons. The van der Waals surface area contributed by atoms with Crippen molar-refractivity contribution in [3.63, 3.8) is 0 Å². The van der Waals surface area contributed by atoms with E-state index in [0.29, 0.717) is 36.4 Å². The van der Waals surface area contributed by atoms with Gasteiger partial charge in [0.2, 0.25) is 5.91 Å². The molecule has 3 amide bonds. The lowest BCUT2D eigenvalue weighted by atomic mass is 9.89. The van der Waals surface area contributed by atoms with Crippen LogP contribution in [0.3, 0.4) is 0 Å². The van der Waals surface area contributed by atoms with Crippen LogP contribution in [0, 0.1) is 6.92 Å². The smallest absolute Gasteiger partial charge is 0.261 e. The second-order valence-electron chi connectivity index (χ2n) is 9.67. The first-order valence-electron chi connectivity index (χ1n) is 12.0. The van der Waals surface area contributed by atoms with Crippen molar-refractivity contribution >= 4 is 35.8 Å². The Balaban J connectivity index is 0.00000274. The molecule has 3 aliphatic heterocycles. The topological polar surface area (TPSA) is 60.9 Å². The van der Waals surface area contributed by atoms with E-state index in [0.717, 1.165) is 38.0 Å². The largest absolute Gasteiger partial charge is 0.308 e. The lowest BCUT2D eigenvalue weighted by Crippen LogP contribution is -2.47. The molecule has 34 heavy (non-hydrogen) atoms. The van der Waals surface area contributed by atoms with Crippen LogP contribution in [0.15, 0.2) is 42.5 Å². The number of aryl methyl sites for hydroxylation is 1. The monoisotopic (exact) mass is 481 g/mol. The van der Waals surface area contributed by atoms with Crippen LogP contribution in [0.1, 0.15) is 69.9 Å². The molecule has 0 N–H and O–H groups in total. The maximum atomic E-state index is 13.3. The van der Waals surface area contributed by atoms with Crippen molar-refractivity contribution in [3.05, 3.63) is 64.7 Å². The molecule has 2 aromatic carbocycles. The molecule has 3 aliphatic rings. The van der Waals surface area contributed by atoms with Crippen molar-refractivity contribution in [2.45, 2.75) is 51.0 Å². The Labute approximate surface area is 207 Å². The lowest BCUT2D eigenvalue weighted by Gasteiger charge is -2.36. The third-order valence-electron chi connectivity index (χ3n) is 7.37. The molecule has 0 aromatic heterocycles. The van der Waals surface area contributed by atoms with Gasteiger partial charge in [-0.3, -0.25) is 19.3 Å². The number of unbranched alkanes of at least 4 members (excludes halogenated alkanes) is 2. The number of hydrogen-bond acceptors (Lipinski definition) is 4. The molecule has 7 heteroatoms. The molecule has 3 heterocycles. The lowest BCUT2D eigenvalue weighted by molar-refractivity contribution is -0.119. The van der Waals surface area contributed by atoms with Crippen LogP contribution < -0.4 is 4.90 Å². The number of carbonyl (C=O) groups is 3. The number of imide groups is 1. The number of hydrogen-bond donors (Lipinski definition) is 0. The molecule has 0 spiro atoms. The molecular formula is C27H32ClN3O3. The summed E-state index contributed by atoms with van der Waals surface area (Å²) in [4.78, 5) is 44.0. The molecule has 6 nitrogen and oxygen atoms in total. The number of nitrogens with zero attached hydrogens (tertiary/aromatic N) is 3. The van der Waals surface area contributed by atoms with Crippen molar-refractivity contribution in [1.29, 1.82) is 0 Å². The second-order valence-corrected chi connectivity index (χ2v) is 9.67. The van der Waals surface area contributed by atoms with Gasteiger partial charge < -0.3 is 9.80 Å². The van der Waals surface area contributed by atoms with Gasteiger partial charge in [-0.05, 0) is 63.5 Å². The Kier molecular flexibility index (Phi) is 7.10. The number of anilines is 1. The van der Waals surface area contributed by atoms with Crippen LogP contribution in [0.4, 0.5) is 5.69 Å². The fraction of sp³-hybridized carbons (Fsp3) is 0.444. The third-order valence-corrected chi connectivity index (χ3v) is 7.37. The second kappa shape index (κ2) is 9.88. The number of benzene rings is 2. The maximum Gasteiger partial charge on any atom is 0.261 e. The molecular weight excluding hydrogens is 450 g/mol. The van der Waals surface area contributed by atoms with Crippen molar-refractivity contribution in [3.8, 4) is 0 Å². The first kappa shape index (κ1) is 24.4. The normalized spacial score (nSPS) is 21.2. The van der Waals surface area contributed by atoms with Gasteiger partial charge in [-0.1, -0.05) is 36.2 Å². The van der Waals surface area contributed by atoms with Gasteiger partial charge in [0.15, 0.2) is 0 Å². The zero-order valence-corrected chi connectivity index (χ0v) is 20.6. The highest BCUT2D eigenvalue weighted by Gasteiger charge is 2.43. The number of rotatable bonds is 6. The highest BCUT2D eigenvalue weighted by molar-refractivity contribution is 6.21. The molecule has 0 radical (unpaired) electrons. The van der Waals surface area contributed by atoms with Crippen LogP contribution in [-0.4, -0.2) is 60.2 Å². The minimum Gasteiger partial charge on any atom is -0.308 e. The quantitative estimate of drug-likeness (QED) is 0.453. The molecule has 0 aliphatic carbocycles. The summed E-state index contributed by atoms with van der Waals surface area (Å²) in [6.45, 7) is 4.52. The standard InChI is InChI=1S/C27H31N3O3.ClH/c1-18-11-12-23-21(16-18)22-17-28(2)15-13-24(22)30(23)25(31)10-4-3-7-14-29-26(32)19-8-5-6-9-20(19)27(29)33;/h5-6,8-9,11-12,16,22,24H,3-4,7,10,13-15,17H2,1-2H3;1H/t22-,24-;/m0./s1.